The lowest BCUT2D eigenvalue weighted by molar-refractivity contribution is -0.139. The minimum atomic E-state index is -4.52. The molecule has 2 aliphatic rings. The maximum absolute atomic E-state index is 13.3. The minimum absolute atomic E-state index is 0.00837. The number of carbonyl (C=O) groups is 1. The Bertz CT molecular complexity index is 1130. The number of likely N-dealkylation sites (tertiary alicyclic amines) is 1. The van der Waals surface area contributed by atoms with Gasteiger partial charge in [-0.2, -0.15) is 13.2 Å². The van der Waals surface area contributed by atoms with Gasteiger partial charge in [0.1, 0.15) is 0 Å². The number of piperazine rings is 1. The Morgan fingerprint density at radius 1 is 0.975 bits per heavy atom. The number of rotatable bonds is 7. The highest BCUT2D eigenvalue weighted by molar-refractivity contribution is 5.78. The highest BCUT2D eigenvalue weighted by atomic mass is 19.4. The molecular formula is C31H43F3N4O2. The standard InChI is InChI=1S/C31H43F3N4O2/c1-22(20-36-15-17-37(18-16-36)27-9-6-24(7-10-27)30(2,3)4)29(40)38-13-11-25(12-14-38)35-26-8-5-23(21-39)28(19-26)31(32,33)34/h5-10,19,22,25,35,39H,11-18,20-21H2,1-4H3. The van der Waals surface area contributed by atoms with Crippen LogP contribution in [0, 0.1) is 5.92 Å². The molecule has 4 rings (SSSR count). The summed E-state index contributed by atoms with van der Waals surface area (Å²) >= 11 is 0. The first-order chi connectivity index (χ1) is 18.8. The average Bonchev–Trinajstić information content (AvgIpc) is 2.92. The topological polar surface area (TPSA) is 59.0 Å². The number of anilines is 2. The zero-order valence-corrected chi connectivity index (χ0v) is 24.1. The van der Waals surface area contributed by atoms with Crippen molar-refractivity contribution in [3.8, 4) is 0 Å². The van der Waals surface area contributed by atoms with Gasteiger partial charge in [-0.1, -0.05) is 45.9 Å². The fourth-order valence-corrected chi connectivity index (χ4v) is 5.69. The molecule has 1 atom stereocenters. The van der Waals surface area contributed by atoms with Crippen molar-refractivity contribution >= 4 is 17.3 Å². The number of aliphatic hydroxyl groups is 1. The van der Waals surface area contributed by atoms with Crippen molar-refractivity contribution in [2.24, 2.45) is 5.92 Å². The van der Waals surface area contributed by atoms with Crippen molar-refractivity contribution in [3.05, 3.63) is 59.2 Å². The van der Waals surface area contributed by atoms with E-state index >= 15 is 0 Å². The Hall–Kier alpha value is -2.78. The number of piperidine rings is 1. The lowest BCUT2D eigenvalue weighted by atomic mass is 9.87. The van der Waals surface area contributed by atoms with Crippen LogP contribution in [0.15, 0.2) is 42.5 Å². The van der Waals surface area contributed by atoms with Gasteiger partial charge in [0, 0.05) is 69.1 Å². The van der Waals surface area contributed by atoms with E-state index in [0.717, 1.165) is 38.8 Å². The minimum Gasteiger partial charge on any atom is -0.392 e. The third-order valence-corrected chi connectivity index (χ3v) is 8.19. The summed E-state index contributed by atoms with van der Waals surface area (Å²) in [4.78, 5) is 19.8. The molecule has 0 bridgehead atoms. The predicted octanol–water partition coefficient (Wildman–Crippen LogP) is 5.36. The lowest BCUT2D eigenvalue weighted by Crippen LogP contribution is -2.50. The van der Waals surface area contributed by atoms with Gasteiger partial charge in [0.2, 0.25) is 5.91 Å². The molecule has 1 unspecified atom stereocenters. The summed E-state index contributed by atoms with van der Waals surface area (Å²) in [5.74, 6) is 0.0350. The Morgan fingerprint density at radius 2 is 1.60 bits per heavy atom. The maximum Gasteiger partial charge on any atom is 0.416 e. The molecule has 0 aliphatic carbocycles. The lowest BCUT2D eigenvalue weighted by Gasteiger charge is -2.38. The van der Waals surface area contributed by atoms with Gasteiger partial charge in [0.25, 0.3) is 0 Å². The van der Waals surface area contributed by atoms with E-state index in [1.807, 2.05) is 11.8 Å². The summed E-state index contributed by atoms with van der Waals surface area (Å²) in [6, 6.07) is 12.8. The Balaban J connectivity index is 1.22. The molecule has 0 radical (unpaired) electrons. The van der Waals surface area contributed by atoms with E-state index in [4.69, 9.17) is 0 Å². The van der Waals surface area contributed by atoms with E-state index in [1.165, 1.54) is 17.3 Å². The van der Waals surface area contributed by atoms with Crippen LogP contribution < -0.4 is 10.2 Å². The van der Waals surface area contributed by atoms with Crippen molar-refractivity contribution in [1.82, 2.24) is 9.80 Å². The number of halogens is 3. The molecule has 0 spiro atoms. The summed E-state index contributed by atoms with van der Waals surface area (Å²) in [6.07, 6.45) is -3.17. The Morgan fingerprint density at radius 3 is 2.15 bits per heavy atom. The Kier molecular flexibility index (Phi) is 9.35. The van der Waals surface area contributed by atoms with Gasteiger partial charge in [0.05, 0.1) is 12.2 Å². The summed E-state index contributed by atoms with van der Waals surface area (Å²) < 4.78 is 40.0. The molecule has 9 heteroatoms. The number of alkyl halides is 3. The van der Waals surface area contributed by atoms with Crippen LogP contribution in [0.5, 0.6) is 0 Å². The molecule has 2 aromatic rings. The molecule has 1 amide bonds. The second-order valence-corrected chi connectivity index (χ2v) is 12.3. The van der Waals surface area contributed by atoms with E-state index < -0.39 is 18.3 Å². The molecule has 6 nitrogen and oxygen atoms in total. The van der Waals surface area contributed by atoms with E-state index in [9.17, 15) is 23.1 Å². The number of aliphatic hydroxyl groups excluding tert-OH is 1. The van der Waals surface area contributed by atoms with Crippen LogP contribution in [0.2, 0.25) is 0 Å². The van der Waals surface area contributed by atoms with E-state index in [1.54, 1.807) is 6.07 Å². The highest BCUT2D eigenvalue weighted by Gasteiger charge is 2.34. The largest absolute Gasteiger partial charge is 0.416 e. The summed E-state index contributed by atoms with van der Waals surface area (Å²) in [5, 5.41) is 12.4. The number of nitrogens with one attached hydrogen (secondary N) is 1. The van der Waals surface area contributed by atoms with Gasteiger partial charge in [-0.05, 0) is 53.6 Å². The van der Waals surface area contributed by atoms with E-state index in [-0.39, 0.29) is 28.8 Å². The quantitative estimate of drug-likeness (QED) is 0.478. The van der Waals surface area contributed by atoms with Crippen LogP contribution in [0.25, 0.3) is 0 Å². The maximum atomic E-state index is 13.3. The first-order valence-electron chi connectivity index (χ1n) is 14.3. The number of carbonyl (C=O) groups excluding carboxylic acids is 1. The monoisotopic (exact) mass is 560 g/mol. The molecular weight excluding hydrogens is 517 g/mol. The zero-order valence-electron chi connectivity index (χ0n) is 24.1. The van der Waals surface area contributed by atoms with Crippen molar-refractivity contribution < 1.29 is 23.1 Å². The molecule has 0 saturated carbocycles. The average molecular weight is 561 g/mol. The predicted molar refractivity (Wildman–Crippen MR) is 154 cm³/mol. The highest BCUT2D eigenvalue weighted by Crippen LogP contribution is 2.34. The third-order valence-electron chi connectivity index (χ3n) is 8.19. The van der Waals surface area contributed by atoms with Crippen LogP contribution in [0.4, 0.5) is 24.5 Å². The zero-order chi connectivity index (χ0) is 29.1. The first kappa shape index (κ1) is 30.2. The molecule has 2 fully saturated rings. The van der Waals surface area contributed by atoms with Crippen LogP contribution in [-0.2, 0) is 23.0 Å². The summed E-state index contributed by atoms with van der Waals surface area (Å²) in [7, 11) is 0. The molecule has 2 heterocycles. The van der Waals surface area contributed by atoms with Crippen LogP contribution in [0.3, 0.4) is 0 Å². The molecule has 220 valence electrons. The van der Waals surface area contributed by atoms with Gasteiger partial charge < -0.3 is 20.2 Å². The third kappa shape index (κ3) is 7.49. The molecule has 0 aromatic heterocycles. The number of benzene rings is 2. The van der Waals surface area contributed by atoms with Crippen molar-refractivity contribution in [1.29, 1.82) is 0 Å². The van der Waals surface area contributed by atoms with Crippen molar-refractivity contribution in [2.45, 2.75) is 64.8 Å². The molecule has 2 aliphatic heterocycles. The number of hydrogen-bond acceptors (Lipinski definition) is 5. The smallest absolute Gasteiger partial charge is 0.392 e. The molecule has 2 aromatic carbocycles. The fourth-order valence-electron chi connectivity index (χ4n) is 5.69. The summed E-state index contributed by atoms with van der Waals surface area (Å²) in [6.45, 7) is 13.6. The van der Waals surface area contributed by atoms with Gasteiger partial charge in [-0.15, -0.1) is 0 Å². The molecule has 2 N–H and O–H groups in total. The van der Waals surface area contributed by atoms with Gasteiger partial charge in [-0.3, -0.25) is 9.69 Å². The second-order valence-electron chi connectivity index (χ2n) is 12.3. The summed E-state index contributed by atoms with van der Waals surface area (Å²) in [5.41, 5.74) is 2.14. The van der Waals surface area contributed by atoms with Crippen LogP contribution >= 0.6 is 0 Å². The van der Waals surface area contributed by atoms with Crippen molar-refractivity contribution in [3.63, 3.8) is 0 Å². The number of hydrogen-bond donors (Lipinski definition) is 2. The second kappa shape index (κ2) is 12.4. The van der Waals surface area contributed by atoms with E-state index in [0.29, 0.717) is 31.6 Å². The normalized spacial score (nSPS) is 18.6. The number of nitrogens with zero attached hydrogens (tertiary/aromatic N) is 3. The number of amides is 1. The first-order valence-corrected chi connectivity index (χ1v) is 14.3. The van der Waals surface area contributed by atoms with Gasteiger partial charge >= 0.3 is 6.18 Å². The van der Waals surface area contributed by atoms with Gasteiger partial charge in [0.15, 0.2) is 0 Å². The fraction of sp³-hybridized carbons (Fsp3) is 0.581. The Labute approximate surface area is 236 Å². The van der Waals surface area contributed by atoms with Crippen LogP contribution in [0.1, 0.15) is 57.2 Å². The van der Waals surface area contributed by atoms with Crippen LogP contribution in [-0.4, -0.2) is 72.7 Å². The van der Waals surface area contributed by atoms with E-state index in [2.05, 4.69) is 60.2 Å². The van der Waals surface area contributed by atoms with Crippen molar-refractivity contribution in [2.75, 3.05) is 56.0 Å². The molecule has 2 saturated heterocycles. The molecule has 40 heavy (non-hydrogen) atoms. The van der Waals surface area contributed by atoms with Gasteiger partial charge in [-0.25, -0.2) is 0 Å². The SMILES string of the molecule is CC(CN1CCN(c2ccc(C(C)(C)C)cc2)CC1)C(=O)N1CCC(Nc2ccc(CO)c(C(F)(F)F)c2)CC1.